The lowest BCUT2D eigenvalue weighted by molar-refractivity contribution is -0.190. The van der Waals surface area contributed by atoms with E-state index in [1.807, 2.05) is 0 Å². The maximum absolute atomic E-state index is 12.6. The minimum Gasteiger partial charge on any atom is -0.449 e. The number of halogens is 3. The summed E-state index contributed by atoms with van der Waals surface area (Å²) in [7, 11) is 0. The minimum absolute atomic E-state index is 0.0123. The van der Waals surface area contributed by atoms with Gasteiger partial charge in [0.15, 0.2) is 6.61 Å². The number of amides is 2. The van der Waals surface area contributed by atoms with Crippen LogP contribution in [0.5, 0.6) is 0 Å². The highest BCUT2D eigenvalue weighted by Crippen LogP contribution is 2.29. The van der Waals surface area contributed by atoms with Gasteiger partial charge in [-0.05, 0) is 33.3 Å². The topological polar surface area (TPSA) is 76.2 Å². The average molecular weight is 430 g/mol. The minimum atomic E-state index is -4.74. The number of benzene rings is 1. The molecule has 1 aromatic carbocycles. The maximum atomic E-state index is 12.6. The smallest absolute Gasteiger partial charge is 0.422 e. The summed E-state index contributed by atoms with van der Waals surface area (Å²) in [5.41, 5.74) is -0.108. The second kappa shape index (κ2) is 8.93. The molecule has 1 aromatic rings. The number of carbonyl (C=O) groups is 3. The van der Waals surface area contributed by atoms with Crippen molar-refractivity contribution >= 4 is 18.0 Å². The Hall–Kier alpha value is -2.78. The molecule has 0 radical (unpaired) electrons. The summed E-state index contributed by atoms with van der Waals surface area (Å²) in [4.78, 5) is 39.7. The lowest BCUT2D eigenvalue weighted by atomic mass is 10.00. The molecule has 0 aliphatic carbocycles. The van der Waals surface area contributed by atoms with E-state index in [-0.39, 0.29) is 13.1 Å². The SMILES string of the molecule is C[C@@H]1CN(C(=O)C(=O)OCC(F)(F)F)[C@@H](c2ccccc2)CN1C(=O)OC(C)(C)C. The van der Waals surface area contributed by atoms with Crippen LogP contribution in [0.4, 0.5) is 18.0 Å². The Bertz CT molecular complexity index is 777. The Morgan fingerprint density at radius 2 is 1.63 bits per heavy atom. The predicted molar refractivity (Wildman–Crippen MR) is 100 cm³/mol. The third-order valence-electron chi connectivity index (χ3n) is 4.35. The van der Waals surface area contributed by atoms with Gasteiger partial charge in [-0.3, -0.25) is 4.79 Å². The first-order valence-electron chi connectivity index (χ1n) is 9.37. The van der Waals surface area contributed by atoms with E-state index in [0.29, 0.717) is 5.56 Å². The van der Waals surface area contributed by atoms with Crippen LogP contribution in [0, 0.1) is 0 Å². The van der Waals surface area contributed by atoms with Crippen LogP contribution >= 0.6 is 0 Å². The van der Waals surface area contributed by atoms with Gasteiger partial charge in [-0.15, -0.1) is 0 Å². The number of esters is 1. The van der Waals surface area contributed by atoms with E-state index >= 15 is 0 Å². The number of hydrogen-bond donors (Lipinski definition) is 0. The molecule has 1 aliphatic heterocycles. The molecule has 2 rings (SSSR count). The van der Waals surface area contributed by atoms with Gasteiger partial charge in [0.05, 0.1) is 6.04 Å². The normalized spacial score (nSPS) is 20.0. The van der Waals surface area contributed by atoms with Crippen molar-refractivity contribution in [3.63, 3.8) is 0 Å². The van der Waals surface area contributed by atoms with Gasteiger partial charge < -0.3 is 19.3 Å². The van der Waals surface area contributed by atoms with Crippen molar-refractivity contribution in [2.45, 2.75) is 51.6 Å². The van der Waals surface area contributed by atoms with Crippen LogP contribution in [-0.4, -0.2) is 65.3 Å². The molecule has 1 saturated heterocycles. The zero-order valence-electron chi connectivity index (χ0n) is 17.2. The Balaban J connectivity index is 2.26. The highest BCUT2D eigenvalue weighted by atomic mass is 19.4. The molecule has 0 unspecified atom stereocenters. The quantitative estimate of drug-likeness (QED) is 0.532. The summed E-state index contributed by atoms with van der Waals surface area (Å²) >= 11 is 0. The van der Waals surface area contributed by atoms with E-state index in [4.69, 9.17) is 4.74 Å². The fourth-order valence-corrected chi connectivity index (χ4v) is 3.06. The van der Waals surface area contributed by atoms with Crippen LogP contribution in [0.1, 0.15) is 39.3 Å². The van der Waals surface area contributed by atoms with Gasteiger partial charge in [-0.1, -0.05) is 30.3 Å². The fourth-order valence-electron chi connectivity index (χ4n) is 3.06. The van der Waals surface area contributed by atoms with Crippen LogP contribution in [0.2, 0.25) is 0 Å². The molecule has 10 heteroatoms. The van der Waals surface area contributed by atoms with Crippen molar-refractivity contribution in [1.82, 2.24) is 9.80 Å². The van der Waals surface area contributed by atoms with Crippen molar-refractivity contribution in [1.29, 1.82) is 0 Å². The second-order valence-electron chi connectivity index (χ2n) is 8.06. The average Bonchev–Trinajstić information content (AvgIpc) is 2.63. The van der Waals surface area contributed by atoms with E-state index in [1.165, 1.54) is 4.90 Å². The number of nitrogens with zero attached hydrogens (tertiary/aromatic N) is 2. The largest absolute Gasteiger partial charge is 0.449 e. The Morgan fingerprint density at radius 1 is 1.03 bits per heavy atom. The number of carbonyl (C=O) groups excluding carboxylic acids is 3. The van der Waals surface area contributed by atoms with E-state index in [2.05, 4.69) is 4.74 Å². The Morgan fingerprint density at radius 3 is 2.17 bits per heavy atom. The van der Waals surface area contributed by atoms with Crippen molar-refractivity contribution in [3.8, 4) is 0 Å². The molecule has 2 atom stereocenters. The predicted octanol–water partition coefficient (Wildman–Crippen LogP) is 3.30. The molecule has 30 heavy (non-hydrogen) atoms. The molecule has 1 fully saturated rings. The van der Waals surface area contributed by atoms with Crippen molar-refractivity contribution in [3.05, 3.63) is 35.9 Å². The molecule has 0 saturated carbocycles. The molecule has 0 spiro atoms. The van der Waals surface area contributed by atoms with E-state index in [9.17, 15) is 27.6 Å². The molecule has 0 aromatic heterocycles. The van der Waals surface area contributed by atoms with E-state index in [0.717, 1.165) is 4.90 Å². The van der Waals surface area contributed by atoms with Crippen LogP contribution < -0.4 is 0 Å². The molecule has 0 bridgehead atoms. The first kappa shape index (κ1) is 23.5. The molecule has 2 amide bonds. The second-order valence-corrected chi connectivity index (χ2v) is 8.06. The molecule has 1 heterocycles. The zero-order chi connectivity index (χ0) is 22.7. The van der Waals surface area contributed by atoms with Crippen LogP contribution in [0.25, 0.3) is 0 Å². The molecule has 1 aliphatic rings. The lowest BCUT2D eigenvalue weighted by Crippen LogP contribution is -2.58. The third kappa shape index (κ3) is 6.36. The fraction of sp³-hybridized carbons (Fsp3) is 0.550. The Kier molecular flexibility index (Phi) is 6.99. The van der Waals surface area contributed by atoms with E-state index < -0.39 is 48.4 Å². The number of rotatable bonds is 2. The van der Waals surface area contributed by atoms with Gasteiger partial charge >= 0.3 is 24.1 Å². The maximum Gasteiger partial charge on any atom is 0.422 e. The van der Waals surface area contributed by atoms with Gasteiger partial charge in [0.1, 0.15) is 5.60 Å². The number of alkyl halides is 3. The summed E-state index contributed by atoms with van der Waals surface area (Å²) in [6.45, 7) is 4.92. The summed E-state index contributed by atoms with van der Waals surface area (Å²) in [6, 6.07) is 7.32. The lowest BCUT2D eigenvalue weighted by Gasteiger charge is -2.45. The van der Waals surface area contributed by atoms with Gasteiger partial charge in [-0.2, -0.15) is 13.2 Å². The van der Waals surface area contributed by atoms with Crippen molar-refractivity contribution < 1.29 is 37.0 Å². The highest BCUT2D eigenvalue weighted by molar-refractivity contribution is 6.32. The first-order valence-corrected chi connectivity index (χ1v) is 9.37. The van der Waals surface area contributed by atoms with Crippen molar-refractivity contribution in [2.75, 3.05) is 19.7 Å². The van der Waals surface area contributed by atoms with Gasteiger partial charge in [0.25, 0.3) is 0 Å². The van der Waals surface area contributed by atoms with Crippen LogP contribution in [-0.2, 0) is 19.1 Å². The summed E-state index contributed by atoms with van der Waals surface area (Å²) in [5.74, 6) is -2.78. The van der Waals surface area contributed by atoms with Crippen LogP contribution in [0.15, 0.2) is 30.3 Å². The molecule has 166 valence electrons. The standard InChI is InChI=1S/C20H25F3N2O5/c1-13-10-25(16(26)17(27)29-12-20(21,22)23)15(14-8-6-5-7-9-14)11-24(13)18(28)30-19(2,3)4/h5-9,13,15H,10-12H2,1-4H3/t13-,15-/m1/s1. The summed E-state index contributed by atoms with van der Waals surface area (Å²) in [6.07, 6.45) is -5.32. The zero-order valence-corrected chi connectivity index (χ0v) is 17.2. The number of hydrogen-bond acceptors (Lipinski definition) is 5. The first-order chi connectivity index (χ1) is 13.8. The monoisotopic (exact) mass is 430 g/mol. The van der Waals surface area contributed by atoms with Gasteiger partial charge in [0.2, 0.25) is 0 Å². The van der Waals surface area contributed by atoms with Crippen molar-refractivity contribution in [2.24, 2.45) is 0 Å². The van der Waals surface area contributed by atoms with E-state index in [1.54, 1.807) is 58.0 Å². The van der Waals surface area contributed by atoms with Crippen LogP contribution in [0.3, 0.4) is 0 Å². The number of ether oxygens (including phenoxy) is 2. The third-order valence-corrected chi connectivity index (χ3v) is 4.35. The van der Waals surface area contributed by atoms with Gasteiger partial charge in [0, 0.05) is 19.1 Å². The summed E-state index contributed by atoms with van der Waals surface area (Å²) in [5, 5.41) is 0. The Labute approximate surface area is 172 Å². The molecular formula is C20H25F3N2O5. The molecular weight excluding hydrogens is 405 g/mol. The molecule has 0 N–H and O–H groups in total. The van der Waals surface area contributed by atoms with Gasteiger partial charge in [-0.25, -0.2) is 9.59 Å². The highest BCUT2D eigenvalue weighted by Gasteiger charge is 2.42. The molecule has 7 nitrogen and oxygen atoms in total. The number of piperazine rings is 1. The summed E-state index contributed by atoms with van der Waals surface area (Å²) < 4.78 is 46.6.